The summed E-state index contributed by atoms with van der Waals surface area (Å²) in [7, 11) is 0. The Kier molecular flexibility index (Phi) is 6.90. The molecule has 0 radical (unpaired) electrons. The maximum atomic E-state index is 11.7. The molecule has 2 N–H and O–H groups in total. The van der Waals surface area contributed by atoms with E-state index in [0.29, 0.717) is 13.0 Å². The van der Waals surface area contributed by atoms with Crippen LogP contribution in [-0.2, 0) is 11.2 Å². The van der Waals surface area contributed by atoms with Gasteiger partial charge in [-0.25, -0.2) is 0 Å². The fourth-order valence-corrected chi connectivity index (χ4v) is 2.26. The average molecular weight is 290 g/mol. The van der Waals surface area contributed by atoms with Crippen LogP contribution in [0, 0.1) is 0 Å². The number of aryl methyl sites for hydroxylation is 1. The van der Waals surface area contributed by atoms with Gasteiger partial charge in [0.1, 0.15) is 0 Å². The first-order chi connectivity index (χ1) is 9.81. The SMILES string of the molecule is CCCc1ccc(C(C)NCCC(=O)NC(C)(C)C)cc1. The Bertz CT molecular complexity index is 432. The van der Waals surface area contributed by atoms with Crippen LogP contribution < -0.4 is 10.6 Å². The standard InChI is InChI=1S/C18H30N2O/c1-6-7-15-8-10-16(11-9-15)14(2)19-13-12-17(21)20-18(3,4)5/h8-11,14,19H,6-7,12-13H2,1-5H3,(H,20,21). The van der Waals surface area contributed by atoms with Crippen LogP contribution in [0.15, 0.2) is 24.3 Å². The monoisotopic (exact) mass is 290 g/mol. The normalized spacial score (nSPS) is 13.0. The summed E-state index contributed by atoms with van der Waals surface area (Å²) < 4.78 is 0. The molecule has 0 bridgehead atoms. The van der Waals surface area contributed by atoms with Gasteiger partial charge in [0.25, 0.3) is 0 Å². The summed E-state index contributed by atoms with van der Waals surface area (Å²) in [6.45, 7) is 11.0. The van der Waals surface area contributed by atoms with Crippen molar-refractivity contribution in [2.24, 2.45) is 0 Å². The molecule has 1 unspecified atom stereocenters. The Morgan fingerprint density at radius 3 is 2.33 bits per heavy atom. The summed E-state index contributed by atoms with van der Waals surface area (Å²) in [5.74, 6) is 0.0977. The van der Waals surface area contributed by atoms with Gasteiger partial charge >= 0.3 is 0 Å². The summed E-state index contributed by atoms with van der Waals surface area (Å²) in [5.41, 5.74) is 2.50. The first-order valence-electron chi connectivity index (χ1n) is 7.95. The number of hydrogen-bond acceptors (Lipinski definition) is 2. The zero-order valence-corrected chi connectivity index (χ0v) is 14.1. The first-order valence-corrected chi connectivity index (χ1v) is 7.95. The van der Waals surface area contributed by atoms with Crippen LogP contribution in [0.25, 0.3) is 0 Å². The molecule has 0 aliphatic heterocycles. The maximum Gasteiger partial charge on any atom is 0.221 e. The van der Waals surface area contributed by atoms with Gasteiger partial charge in [-0.2, -0.15) is 0 Å². The van der Waals surface area contributed by atoms with Gasteiger partial charge in [0.2, 0.25) is 5.91 Å². The predicted molar refractivity (Wildman–Crippen MR) is 89.4 cm³/mol. The van der Waals surface area contributed by atoms with Crippen molar-refractivity contribution < 1.29 is 4.79 Å². The number of carbonyl (C=O) groups excluding carboxylic acids is 1. The van der Waals surface area contributed by atoms with E-state index >= 15 is 0 Å². The van der Waals surface area contributed by atoms with Gasteiger partial charge in [0, 0.05) is 24.5 Å². The Labute approximate surface area is 129 Å². The maximum absolute atomic E-state index is 11.7. The fraction of sp³-hybridized carbons (Fsp3) is 0.611. The van der Waals surface area contributed by atoms with Gasteiger partial charge in [-0.15, -0.1) is 0 Å². The van der Waals surface area contributed by atoms with Crippen LogP contribution >= 0.6 is 0 Å². The van der Waals surface area contributed by atoms with E-state index in [4.69, 9.17) is 0 Å². The molecule has 0 aliphatic carbocycles. The highest BCUT2D eigenvalue weighted by molar-refractivity contribution is 5.76. The molecule has 1 amide bonds. The summed E-state index contributed by atoms with van der Waals surface area (Å²) >= 11 is 0. The van der Waals surface area contributed by atoms with Crippen molar-refractivity contribution in [3.8, 4) is 0 Å². The minimum absolute atomic E-state index is 0.0977. The van der Waals surface area contributed by atoms with Crippen LogP contribution in [0.5, 0.6) is 0 Å². The third kappa shape index (κ3) is 7.28. The average Bonchev–Trinajstić information content (AvgIpc) is 2.37. The predicted octanol–water partition coefficient (Wildman–Crippen LogP) is 3.59. The van der Waals surface area contributed by atoms with E-state index in [-0.39, 0.29) is 17.5 Å². The van der Waals surface area contributed by atoms with Crippen LogP contribution in [0.4, 0.5) is 0 Å². The second-order valence-electron chi connectivity index (χ2n) is 6.72. The lowest BCUT2D eigenvalue weighted by Crippen LogP contribution is -2.41. The lowest BCUT2D eigenvalue weighted by Gasteiger charge is -2.21. The van der Waals surface area contributed by atoms with Gasteiger partial charge < -0.3 is 10.6 Å². The fourth-order valence-electron chi connectivity index (χ4n) is 2.26. The molecule has 3 heteroatoms. The van der Waals surface area contributed by atoms with E-state index < -0.39 is 0 Å². The number of amides is 1. The quantitative estimate of drug-likeness (QED) is 0.805. The molecule has 0 aromatic heterocycles. The topological polar surface area (TPSA) is 41.1 Å². The molecule has 0 fully saturated rings. The molecule has 0 aliphatic rings. The molecule has 1 aromatic rings. The molecule has 118 valence electrons. The van der Waals surface area contributed by atoms with Crippen molar-refractivity contribution in [3.63, 3.8) is 0 Å². The van der Waals surface area contributed by atoms with Gasteiger partial charge in [0.05, 0.1) is 0 Å². The lowest BCUT2D eigenvalue weighted by atomic mass is 10.0. The molecule has 1 rings (SSSR count). The second kappa shape index (κ2) is 8.18. The summed E-state index contributed by atoms with van der Waals surface area (Å²) in [5, 5.41) is 6.38. The summed E-state index contributed by atoms with van der Waals surface area (Å²) in [6, 6.07) is 9.02. The highest BCUT2D eigenvalue weighted by Gasteiger charge is 2.13. The van der Waals surface area contributed by atoms with Gasteiger partial charge in [-0.3, -0.25) is 4.79 Å². The molecule has 1 aromatic carbocycles. The summed E-state index contributed by atoms with van der Waals surface area (Å²) in [6.07, 6.45) is 2.82. The molecule has 0 saturated heterocycles. The largest absolute Gasteiger partial charge is 0.351 e. The molecular formula is C18H30N2O. The minimum atomic E-state index is -0.155. The van der Waals surface area contributed by atoms with Crippen molar-refractivity contribution in [1.29, 1.82) is 0 Å². The van der Waals surface area contributed by atoms with Crippen molar-refractivity contribution in [3.05, 3.63) is 35.4 Å². The Morgan fingerprint density at radius 2 is 1.81 bits per heavy atom. The van der Waals surface area contributed by atoms with E-state index in [2.05, 4.69) is 48.7 Å². The highest BCUT2D eigenvalue weighted by Crippen LogP contribution is 2.14. The lowest BCUT2D eigenvalue weighted by molar-refractivity contribution is -0.122. The van der Waals surface area contributed by atoms with Crippen molar-refractivity contribution >= 4 is 5.91 Å². The van der Waals surface area contributed by atoms with Crippen molar-refractivity contribution in [1.82, 2.24) is 10.6 Å². The van der Waals surface area contributed by atoms with Crippen LogP contribution in [0.1, 0.15) is 64.6 Å². The van der Waals surface area contributed by atoms with E-state index in [1.807, 2.05) is 20.8 Å². The zero-order valence-electron chi connectivity index (χ0n) is 14.1. The summed E-state index contributed by atoms with van der Waals surface area (Å²) in [4.78, 5) is 11.7. The molecule has 21 heavy (non-hydrogen) atoms. The van der Waals surface area contributed by atoms with Gasteiger partial charge in [0.15, 0.2) is 0 Å². The third-order valence-electron chi connectivity index (χ3n) is 3.34. The van der Waals surface area contributed by atoms with Crippen LogP contribution in [0.2, 0.25) is 0 Å². The Morgan fingerprint density at radius 1 is 1.19 bits per heavy atom. The molecule has 0 heterocycles. The molecule has 0 saturated carbocycles. The van der Waals surface area contributed by atoms with Crippen molar-refractivity contribution in [2.45, 2.75) is 65.5 Å². The number of rotatable bonds is 7. The number of carbonyl (C=O) groups is 1. The first kappa shape index (κ1) is 17.7. The Hall–Kier alpha value is -1.35. The van der Waals surface area contributed by atoms with E-state index in [1.165, 1.54) is 17.5 Å². The van der Waals surface area contributed by atoms with Crippen molar-refractivity contribution in [2.75, 3.05) is 6.54 Å². The molecule has 1 atom stereocenters. The van der Waals surface area contributed by atoms with E-state index in [1.54, 1.807) is 0 Å². The number of benzene rings is 1. The second-order valence-corrected chi connectivity index (χ2v) is 6.72. The van der Waals surface area contributed by atoms with Gasteiger partial charge in [-0.1, -0.05) is 37.6 Å². The molecule has 0 spiro atoms. The number of hydrogen-bond donors (Lipinski definition) is 2. The Balaban J connectivity index is 2.36. The van der Waals surface area contributed by atoms with Crippen LogP contribution in [-0.4, -0.2) is 18.0 Å². The smallest absolute Gasteiger partial charge is 0.221 e. The minimum Gasteiger partial charge on any atom is -0.351 e. The highest BCUT2D eigenvalue weighted by atomic mass is 16.1. The van der Waals surface area contributed by atoms with Crippen LogP contribution in [0.3, 0.4) is 0 Å². The van der Waals surface area contributed by atoms with Gasteiger partial charge in [-0.05, 0) is 45.2 Å². The van der Waals surface area contributed by atoms with E-state index in [0.717, 1.165) is 6.42 Å². The molecular weight excluding hydrogens is 260 g/mol. The zero-order chi connectivity index (χ0) is 15.9. The number of nitrogens with one attached hydrogen (secondary N) is 2. The van der Waals surface area contributed by atoms with E-state index in [9.17, 15) is 4.79 Å². The third-order valence-corrected chi connectivity index (χ3v) is 3.34. The molecule has 3 nitrogen and oxygen atoms in total.